The van der Waals surface area contributed by atoms with Crippen molar-refractivity contribution in [1.29, 1.82) is 0 Å². The number of nitrogens with two attached hydrogens (primary N) is 1. The van der Waals surface area contributed by atoms with Gasteiger partial charge in [0.25, 0.3) is 0 Å². The molecule has 1 aromatic carbocycles. The summed E-state index contributed by atoms with van der Waals surface area (Å²) in [4.78, 5) is 0. The van der Waals surface area contributed by atoms with Crippen LogP contribution in [0.3, 0.4) is 0 Å². The number of anilines is 1. The maximum absolute atomic E-state index is 6.19. The van der Waals surface area contributed by atoms with Crippen LogP contribution in [0, 0.1) is 6.92 Å². The number of para-hydroxylation sites is 1. The largest absolute Gasteiger partial charge is 0.398 e. The summed E-state index contributed by atoms with van der Waals surface area (Å²) in [5.41, 5.74) is 8.98. The number of aryl methyl sites for hydroxylation is 1. The number of nitrogen functional groups attached to an aromatic ring is 1. The van der Waals surface area contributed by atoms with E-state index in [1.54, 1.807) is 0 Å². The average molecular weight is 271 g/mol. The molecule has 5 nitrogen and oxygen atoms in total. The zero-order valence-electron chi connectivity index (χ0n) is 11.9. The van der Waals surface area contributed by atoms with Gasteiger partial charge in [-0.2, -0.15) is 0 Å². The molecule has 3 rings (SSSR count). The van der Waals surface area contributed by atoms with Gasteiger partial charge >= 0.3 is 0 Å². The van der Waals surface area contributed by atoms with Crippen LogP contribution in [0.15, 0.2) is 18.2 Å². The highest BCUT2D eigenvalue weighted by Gasteiger charge is 2.21. The molecule has 0 radical (unpaired) electrons. The van der Waals surface area contributed by atoms with E-state index in [9.17, 15) is 0 Å². The maximum atomic E-state index is 6.19. The lowest BCUT2D eigenvalue weighted by Crippen LogP contribution is -2.12. The van der Waals surface area contributed by atoms with E-state index >= 15 is 0 Å². The summed E-state index contributed by atoms with van der Waals surface area (Å²) in [5.74, 6) is 0.804. The Balaban J connectivity index is 1.99. The Labute approximate surface area is 119 Å². The van der Waals surface area contributed by atoms with Crippen LogP contribution in [0.25, 0.3) is 11.4 Å². The highest BCUT2D eigenvalue weighted by molar-refractivity contribution is 5.74. The number of nitrogens with zero attached hydrogens (tertiary/aromatic N) is 4. The highest BCUT2D eigenvalue weighted by Crippen LogP contribution is 2.32. The SMILES string of the molecule is Cc1cccc(-c2nnnn2C2CCCCCC2)c1N. The minimum absolute atomic E-state index is 0.405. The Morgan fingerprint density at radius 3 is 2.65 bits per heavy atom. The third kappa shape index (κ3) is 2.40. The summed E-state index contributed by atoms with van der Waals surface area (Å²) in [6, 6.07) is 6.43. The van der Waals surface area contributed by atoms with E-state index in [2.05, 4.69) is 15.5 Å². The van der Waals surface area contributed by atoms with Gasteiger partial charge in [-0.05, 0) is 41.8 Å². The quantitative estimate of drug-likeness (QED) is 0.673. The third-order valence-electron chi connectivity index (χ3n) is 4.23. The van der Waals surface area contributed by atoms with Gasteiger partial charge in [-0.1, -0.05) is 37.8 Å². The van der Waals surface area contributed by atoms with Gasteiger partial charge in [0, 0.05) is 11.3 Å². The molecule has 1 aromatic heterocycles. The molecule has 2 aromatic rings. The molecule has 1 aliphatic carbocycles. The summed E-state index contributed by atoms with van der Waals surface area (Å²) < 4.78 is 1.98. The number of benzene rings is 1. The summed E-state index contributed by atoms with van der Waals surface area (Å²) in [5, 5.41) is 12.3. The van der Waals surface area contributed by atoms with Gasteiger partial charge in [0.2, 0.25) is 0 Å². The first-order valence-corrected chi connectivity index (χ1v) is 7.40. The molecule has 0 amide bonds. The van der Waals surface area contributed by atoms with Crippen LogP contribution in [0.4, 0.5) is 5.69 Å². The minimum atomic E-state index is 0.405. The fourth-order valence-electron chi connectivity index (χ4n) is 2.99. The zero-order valence-corrected chi connectivity index (χ0v) is 11.9. The van der Waals surface area contributed by atoms with E-state index in [0.717, 1.165) is 35.5 Å². The van der Waals surface area contributed by atoms with Crippen LogP contribution in [-0.4, -0.2) is 20.2 Å². The molecule has 1 saturated carbocycles. The monoisotopic (exact) mass is 271 g/mol. The molecule has 0 unspecified atom stereocenters. The van der Waals surface area contributed by atoms with Gasteiger partial charge in [-0.3, -0.25) is 0 Å². The van der Waals surface area contributed by atoms with Crippen molar-refractivity contribution in [3.63, 3.8) is 0 Å². The van der Waals surface area contributed by atoms with Gasteiger partial charge in [-0.25, -0.2) is 4.68 Å². The first-order valence-electron chi connectivity index (χ1n) is 7.40. The second-order valence-corrected chi connectivity index (χ2v) is 5.63. The Kier molecular flexibility index (Phi) is 3.67. The Morgan fingerprint density at radius 1 is 1.15 bits per heavy atom. The van der Waals surface area contributed by atoms with Gasteiger partial charge in [0.15, 0.2) is 5.82 Å². The molecule has 106 valence electrons. The van der Waals surface area contributed by atoms with E-state index in [1.807, 2.05) is 29.8 Å². The normalized spacial score (nSPS) is 17.1. The Bertz CT molecular complexity index is 582. The fraction of sp³-hybridized carbons (Fsp3) is 0.533. The molecule has 1 aliphatic rings. The second-order valence-electron chi connectivity index (χ2n) is 5.63. The molecule has 0 atom stereocenters. The number of rotatable bonds is 2. The first kappa shape index (κ1) is 13.1. The number of hydrogen-bond donors (Lipinski definition) is 1. The standard InChI is InChI=1S/C15H21N5/c1-11-7-6-10-13(14(11)16)15-17-18-19-20(15)12-8-4-2-3-5-9-12/h6-7,10,12H,2-5,8-9,16H2,1H3. The molecule has 20 heavy (non-hydrogen) atoms. The van der Waals surface area contributed by atoms with Crippen molar-refractivity contribution < 1.29 is 0 Å². The molecule has 0 saturated heterocycles. The maximum Gasteiger partial charge on any atom is 0.184 e. The highest BCUT2D eigenvalue weighted by atomic mass is 15.5. The topological polar surface area (TPSA) is 69.6 Å². The Hall–Kier alpha value is -1.91. The summed E-state index contributed by atoms with van der Waals surface area (Å²) >= 11 is 0. The van der Waals surface area contributed by atoms with Crippen LogP contribution in [0.2, 0.25) is 0 Å². The summed E-state index contributed by atoms with van der Waals surface area (Å²) in [7, 11) is 0. The molecule has 1 heterocycles. The molecule has 1 fully saturated rings. The first-order chi connectivity index (χ1) is 9.77. The van der Waals surface area contributed by atoms with E-state index in [-0.39, 0.29) is 0 Å². The summed E-state index contributed by atoms with van der Waals surface area (Å²) in [6.45, 7) is 2.01. The Morgan fingerprint density at radius 2 is 1.90 bits per heavy atom. The number of hydrogen-bond acceptors (Lipinski definition) is 4. The van der Waals surface area contributed by atoms with Crippen LogP contribution >= 0.6 is 0 Å². The van der Waals surface area contributed by atoms with Crippen molar-refractivity contribution in [3.05, 3.63) is 23.8 Å². The summed E-state index contributed by atoms with van der Waals surface area (Å²) in [6.07, 6.45) is 7.47. The lowest BCUT2D eigenvalue weighted by molar-refractivity contribution is 0.400. The smallest absolute Gasteiger partial charge is 0.184 e. The third-order valence-corrected chi connectivity index (χ3v) is 4.23. The van der Waals surface area contributed by atoms with Gasteiger partial charge < -0.3 is 5.73 Å². The van der Waals surface area contributed by atoms with Crippen LogP contribution in [-0.2, 0) is 0 Å². The van der Waals surface area contributed by atoms with Gasteiger partial charge in [-0.15, -0.1) is 5.10 Å². The average Bonchev–Trinajstić information content (AvgIpc) is 2.77. The number of tetrazole rings is 1. The van der Waals surface area contributed by atoms with Crippen molar-refractivity contribution >= 4 is 5.69 Å². The fourth-order valence-corrected chi connectivity index (χ4v) is 2.99. The minimum Gasteiger partial charge on any atom is -0.398 e. The molecular weight excluding hydrogens is 250 g/mol. The van der Waals surface area contributed by atoms with Crippen molar-refractivity contribution in [3.8, 4) is 11.4 Å². The molecule has 0 bridgehead atoms. The molecule has 0 spiro atoms. The van der Waals surface area contributed by atoms with Crippen molar-refractivity contribution in [1.82, 2.24) is 20.2 Å². The molecule has 0 aliphatic heterocycles. The zero-order chi connectivity index (χ0) is 13.9. The predicted octanol–water partition coefficient (Wildman–Crippen LogP) is 3.13. The second kappa shape index (κ2) is 5.61. The van der Waals surface area contributed by atoms with Crippen molar-refractivity contribution in [2.45, 2.75) is 51.5 Å². The molecule has 5 heteroatoms. The molecular formula is C15H21N5. The van der Waals surface area contributed by atoms with Crippen LogP contribution in [0.1, 0.15) is 50.1 Å². The van der Waals surface area contributed by atoms with Crippen molar-refractivity contribution in [2.75, 3.05) is 5.73 Å². The number of aromatic nitrogens is 4. The van der Waals surface area contributed by atoms with E-state index < -0.39 is 0 Å². The van der Waals surface area contributed by atoms with Crippen LogP contribution < -0.4 is 5.73 Å². The predicted molar refractivity (Wildman–Crippen MR) is 79.1 cm³/mol. The molecule has 2 N–H and O–H groups in total. The van der Waals surface area contributed by atoms with Gasteiger partial charge in [0.05, 0.1) is 6.04 Å². The van der Waals surface area contributed by atoms with E-state index in [1.165, 1.54) is 25.7 Å². The van der Waals surface area contributed by atoms with Gasteiger partial charge in [0.1, 0.15) is 0 Å². The lowest BCUT2D eigenvalue weighted by atomic mass is 10.1. The van der Waals surface area contributed by atoms with Crippen LogP contribution in [0.5, 0.6) is 0 Å². The van der Waals surface area contributed by atoms with E-state index in [4.69, 9.17) is 5.73 Å². The lowest BCUT2D eigenvalue weighted by Gasteiger charge is -2.16. The van der Waals surface area contributed by atoms with E-state index in [0.29, 0.717) is 6.04 Å². The van der Waals surface area contributed by atoms with Crippen molar-refractivity contribution in [2.24, 2.45) is 0 Å².